The molecule has 0 saturated heterocycles. The number of carbonyl (C=O) groups excluding carboxylic acids is 1. The Balaban J connectivity index is 1.94. The van der Waals surface area contributed by atoms with E-state index < -0.39 is 0 Å². The average molecular weight is 269 g/mol. The Morgan fingerprint density at radius 2 is 2.15 bits per heavy atom. The van der Waals surface area contributed by atoms with Crippen molar-refractivity contribution >= 4 is 12.0 Å². The number of aryl methyl sites for hydroxylation is 3. The smallest absolute Gasteiger partial charge is 0.244 e. The summed E-state index contributed by atoms with van der Waals surface area (Å²) in [5.41, 5.74) is 5.42. The van der Waals surface area contributed by atoms with Crippen molar-refractivity contribution in [2.45, 2.75) is 27.3 Å². The maximum absolute atomic E-state index is 11.8. The summed E-state index contributed by atoms with van der Waals surface area (Å²) in [6.07, 6.45) is 5.13. The van der Waals surface area contributed by atoms with Gasteiger partial charge in [-0.1, -0.05) is 23.8 Å². The van der Waals surface area contributed by atoms with Crippen molar-refractivity contribution in [2.24, 2.45) is 0 Å². The predicted octanol–water partition coefficient (Wildman–Crippen LogP) is 2.66. The molecule has 0 bridgehead atoms. The lowest BCUT2D eigenvalue weighted by Crippen LogP contribution is -2.20. The molecule has 20 heavy (non-hydrogen) atoms. The summed E-state index contributed by atoms with van der Waals surface area (Å²) < 4.78 is 0. The van der Waals surface area contributed by atoms with Crippen molar-refractivity contribution < 1.29 is 4.79 Å². The monoisotopic (exact) mass is 269 g/mol. The highest BCUT2D eigenvalue weighted by atomic mass is 16.1. The molecule has 104 valence electrons. The van der Waals surface area contributed by atoms with Crippen LogP contribution < -0.4 is 5.32 Å². The summed E-state index contributed by atoms with van der Waals surface area (Å²) in [5.74, 6) is -0.106. The first kappa shape index (κ1) is 14.1. The molecule has 0 spiro atoms. The number of aromatic amines is 1. The van der Waals surface area contributed by atoms with Crippen LogP contribution in [0.2, 0.25) is 0 Å². The Bertz CT molecular complexity index is 641. The molecular weight excluding hydrogens is 250 g/mol. The summed E-state index contributed by atoms with van der Waals surface area (Å²) in [6.45, 7) is 6.51. The van der Waals surface area contributed by atoms with Crippen LogP contribution in [0, 0.1) is 20.8 Å². The van der Waals surface area contributed by atoms with E-state index in [-0.39, 0.29) is 5.91 Å². The minimum Gasteiger partial charge on any atom is -0.348 e. The average Bonchev–Trinajstić information content (AvgIpc) is 2.81. The van der Waals surface area contributed by atoms with Gasteiger partial charge in [0.05, 0.1) is 6.20 Å². The fraction of sp³-hybridized carbons (Fsp3) is 0.250. The summed E-state index contributed by atoms with van der Waals surface area (Å²) in [6, 6.07) is 6.17. The van der Waals surface area contributed by atoms with E-state index in [0.29, 0.717) is 6.54 Å². The Hall–Kier alpha value is -2.36. The maximum atomic E-state index is 11.8. The molecule has 0 unspecified atom stereocenters. The molecule has 0 aliphatic heterocycles. The zero-order valence-corrected chi connectivity index (χ0v) is 12.0. The summed E-state index contributed by atoms with van der Waals surface area (Å²) in [7, 11) is 0. The SMILES string of the molecule is Cc1ccc(/C=C/C(=O)NCc2cn[nH]c2C)c(C)c1. The molecule has 0 radical (unpaired) electrons. The number of nitrogens with zero attached hydrogens (tertiary/aromatic N) is 1. The highest BCUT2D eigenvalue weighted by Crippen LogP contribution is 2.12. The maximum Gasteiger partial charge on any atom is 0.244 e. The number of nitrogens with one attached hydrogen (secondary N) is 2. The third-order valence-electron chi connectivity index (χ3n) is 3.23. The molecule has 1 aromatic carbocycles. The van der Waals surface area contributed by atoms with Gasteiger partial charge in [-0.2, -0.15) is 5.10 Å². The predicted molar refractivity (Wildman–Crippen MR) is 80.1 cm³/mol. The highest BCUT2D eigenvalue weighted by molar-refractivity contribution is 5.91. The van der Waals surface area contributed by atoms with Gasteiger partial charge in [0, 0.05) is 23.9 Å². The Labute approximate surface area is 118 Å². The van der Waals surface area contributed by atoms with Crippen LogP contribution in [0.25, 0.3) is 6.08 Å². The van der Waals surface area contributed by atoms with Gasteiger partial charge in [0.15, 0.2) is 0 Å². The molecule has 2 N–H and O–H groups in total. The van der Waals surface area contributed by atoms with Gasteiger partial charge in [0.2, 0.25) is 5.91 Å². The van der Waals surface area contributed by atoms with Crippen LogP contribution >= 0.6 is 0 Å². The van der Waals surface area contributed by atoms with Crippen molar-refractivity contribution in [1.29, 1.82) is 0 Å². The third kappa shape index (κ3) is 3.57. The van der Waals surface area contributed by atoms with Gasteiger partial charge in [0.1, 0.15) is 0 Å². The molecule has 1 heterocycles. The second kappa shape index (κ2) is 6.19. The first-order chi connectivity index (χ1) is 9.56. The number of amides is 1. The molecular formula is C16H19N3O. The van der Waals surface area contributed by atoms with E-state index in [0.717, 1.165) is 16.8 Å². The number of H-pyrrole nitrogens is 1. The van der Waals surface area contributed by atoms with Gasteiger partial charge in [-0.3, -0.25) is 9.89 Å². The molecule has 0 atom stereocenters. The molecule has 0 saturated carbocycles. The first-order valence-corrected chi connectivity index (χ1v) is 6.58. The first-order valence-electron chi connectivity index (χ1n) is 6.58. The number of rotatable bonds is 4. The molecule has 0 fully saturated rings. The highest BCUT2D eigenvalue weighted by Gasteiger charge is 2.02. The van der Waals surface area contributed by atoms with Crippen LogP contribution in [0.15, 0.2) is 30.5 Å². The van der Waals surface area contributed by atoms with Crippen LogP contribution in [0.4, 0.5) is 0 Å². The Morgan fingerprint density at radius 1 is 1.35 bits per heavy atom. The number of hydrogen-bond donors (Lipinski definition) is 2. The molecule has 0 aliphatic carbocycles. The molecule has 4 heteroatoms. The number of carbonyl (C=O) groups is 1. The van der Waals surface area contributed by atoms with Gasteiger partial charge >= 0.3 is 0 Å². The van der Waals surface area contributed by atoms with Crippen LogP contribution in [0.1, 0.15) is 27.9 Å². The van der Waals surface area contributed by atoms with Crippen LogP contribution in [0.3, 0.4) is 0 Å². The molecule has 1 amide bonds. The quantitative estimate of drug-likeness (QED) is 0.838. The molecule has 0 aliphatic rings. The zero-order chi connectivity index (χ0) is 14.5. The van der Waals surface area contributed by atoms with Crippen molar-refractivity contribution in [3.8, 4) is 0 Å². The van der Waals surface area contributed by atoms with Crippen LogP contribution in [-0.4, -0.2) is 16.1 Å². The van der Waals surface area contributed by atoms with Crippen molar-refractivity contribution in [1.82, 2.24) is 15.5 Å². The Morgan fingerprint density at radius 3 is 2.80 bits per heavy atom. The summed E-state index contributed by atoms with van der Waals surface area (Å²) in [4.78, 5) is 11.8. The van der Waals surface area contributed by atoms with E-state index in [1.807, 2.05) is 32.1 Å². The van der Waals surface area contributed by atoms with Gasteiger partial charge in [-0.05, 0) is 38.0 Å². The number of hydrogen-bond acceptors (Lipinski definition) is 2. The second-order valence-electron chi connectivity index (χ2n) is 4.93. The third-order valence-corrected chi connectivity index (χ3v) is 3.23. The molecule has 2 aromatic rings. The minimum atomic E-state index is -0.106. The standard InChI is InChI=1S/C16H19N3O/c1-11-4-5-14(12(2)8-11)6-7-16(20)17-9-15-10-18-19-13(15)3/h4-8,10H,9H2,1-3H3,(H,17,20)(H,18,19)/b7-6+. The largest absolute Gasteiger partial charge is 0.348 e. The molecule has 1 aromatic heterocycles. The lowest BCUT2D eigenvalue weighted by molar-refractivity contribution is -0.116. The number of benzene rings is 1. The zero-order valence-electron chi connectivity index (χ0n) is 12.0. The van der Waals surface area contributed by atoms with Crippen molar-refractivity contribution in [3.05, 3.63) is 58.4 Å². The summed E-state index contributed by atoms with van der Waals surface area (Å²) in [5, 5.41) is 9.60. The van der Waals surface area contributed by atoms with E-state index >= 15 is 0 Å². The van der Waals surface area contributed by atoms with Crippen LogP contribution in [-0.2, 0) is 11.3 Å². The van der Waals surface area contributed by atoms with E-state index in [1.54, 1.807) is 12.3 Å². The second-order valence-corrected chi connectivity index (χ2v) is 4.93. The van der Waals surface area contributed by atoms with E-state index in [9.17, 15) is 4.79 Å². The fourth-order valence-electron chi connectivity index (χ4n) is 1.97. The van der Waals surface area contributed by atoms with Gasteiger partial charge in [0.25, 0.3) is 0 Å². The molecule has 4 nitrogen and oxygen atoms in total. The van der Waals surface area contributed by atoms with E-state index in [4.69, 9.17) is 0 Å². The van der Waals surface area contributed by atoms with E-state index in [2.05, 4.69) is 28.5 Å². The minimum absolute atomic E-state index is 0.106. The van der Waals surface area contributed by atoms with Crippen LogP contribution in [0.5, 0.6) is 0 Å². The normalized spacial score (nSPS) is 10.9. The number of aromatic nitrogens is 2. The van der Waals surface area contributed by atoms with E-state index in [1.165, 1.54) is 11.1 Å². The summed E-state index contributed by atoms with van der Waals surface area (Å²) >= 11 is 0. The lowest BCUT2D eigenvalue weighted by Gasteiger charge is -2.03. The van der Waals surface area contributed by atoms with Gasteiger partial charge < -0.3 is 5.32 Å². The van der Waals surface area contributed by atoms with Crippen molar-refractivity contribution in [3.63, 3.8) is 0 Å². The Kier molecular flexibility index (Phi) is 4.35. The lowest BCUT2D eigenvalue weighted by atomic mass is 10.1. The van der Waals surface area contributed by atoms with Gasteiger partial charge in [-0.25, -0.2) is 0 Å². The fourth-order valence-corrected chi connectivity index (χ4v) is 1.97. The molecule has 2 rings (SSSR count). The topological polar surface area (TPSA) is 57.8 Å². The van der Waals surface area contributed by atoms with Gasteiger partial charge in [-0.15, -0.1) is 0 Å². The van der Waals surface area contributed by atoms with Crippen molar-refractivity contribution in [2.75, 3.05) is 0 Å².